The molecule has 0 aliphatic carbocycles. The quantitative estimate of drug-likeness (QED) is 0.288. The Kier molecular flexibility index (Phi) is 6.81. The zero-order valence-corrected chi connectivity index (χ0v) is 14.2. The lowest BCUT2D eigenvalue weighted by atomic mass is 10.1. The Hall–Kier alpha value is -2.34. The number of thiocarbonyl (C=S) groups is 1. The third-order valence-electron chi connectivity index (χ3n) is 3.57. The first-order valence-corrected chi connectivity index (χ1v) is 8.22. The number of hydrogen-bond donors (Lipinski definition) is 0. The summed E-state index contributed by atoms with van der Waals surface area (Å²) in [5.74, 6) is 4.20. The minimum atomic E-state index is -0.677. The molecule has 0 amide bonds. The summed E-state index contributed by atoms with van der Waals surface area (Å²) in [5, 5.41) is 2.02. The number of halogens is 2. The van der Waals surface area contributed by atoms with Crippen LogP contribution < -0.4 is 0 Å². The van der Waals surface area contributed by atoms with Crippen LogP contribution in [-0.2, 0) is 6.42 Å². The van der Waals surface area contributed by atoms with Gasteiger partial charge in [0.25, 0.3) is 0 Å². The number of hydrogen-bond acceptors (Lipinski definition) is 2. The van der Waals surface area contributed by atoms with Gasteiger partial charge in [-0.05, 0) is 48.8 Å². The van der Waals surface area contributed by atoms with Gasteiger partial charge in [0.2, 0.25) is 0 Å². The van der Waals surface area contributed by atoms with E-state index in [9.17, 15) is 8.78 Å². The molecule has 122 valence electrons. The van der Waals surface area contributed by atoms with Crippen LogP contribution >= 0.6 is 12.2 Å². The van der Waals surface area contributed by atoms with Gasteiger partial charge in [0, 0.05) is 11.6 Å². The Morgan fingerprint density at radius 2 is 1.75 bits per heavy atom. The van der Waals surface area contributed by atoms with Gasteiger partial charge in [-0.25, -0.2) is 8.78 Å². The van der Waals surface area contributed by atoms with Crippen LogP contribution in [0, 0.1) is 23.5 Å². The van der Waals surface area contributed by atoms with E-state index in [4.69, 9.17) is 0 Å². The van der Waals surface area contributed by atoms with E-state index in [0.717, 1.165) is 24.1 Å². The maximum atomic E-state index is 13.9. The Bertz CT molecular complexity index is 810. The monoisotopic (exact) mass is 341 g/mol. The van der Waals surface area contributed by atoms with Gasteiger partial charge in [0.05, 0.1) is 10.7 Å². The predicted molar refractivity (Wildman–Crippen MR) is 96.7 cm³/mol. The van der Waals surface area contributed by atoms with Crippen molar-refractivity contribution in [1.82, 2.24) is 0 Å². The van der Waals surface area contributed by atoms with E-state index in [-0.39, 0.29) is 11.3 Å². The maximum absolute atomic E-state index is 13.9. The second kappa shape index (κ2) is 9.08. The molecule has 0 bridgehead atoms. The molecule has 0 saturated carbocycles. The molecule has 2 aromatic carbocycles. The van der Waals surface area contributed by atoms with Crippen molar-refractivity contribution in [2.24, 2.45) is 4.99 Å². The highest BCUT2D eigenvalue weighted by atomic mass is 32.1. The van der Waals surface area contributed by atoms with Crippen molar-refractivity contribution in [3.63, 3.8) is 0 Å². The van der Waals surface area contributed by atoms with Crippen LogP contribution in [0.4, 0.5) is 14.5 Å². The molecule has 0 aliphatic heterocycles. The smallest absolute Gasteiger partial charge is 0.151 e. The molecular formula is C20H17F2NS. The maximum Gasteiger partial charge on any atom is 0.151 e. The average Bonchev–Trinajstić information content (AvgIpc) is 2.58. The molecule has 0 aromatic heterocycles. The molecule has 0 fully saturated rings. The fraction of sp³-hybridized carbons (Fsp3) is 0.250. The fourth-order valence-corrected chi connectivity index (χ4v) is 2.34. The molecule has 0 saturated heterocycles. The Morgan fingerprint density at radius 3 is 2.42 bits per heavy atom. The SMILES string of the molecule is CCCCCc1ccc(C#Cc2cc(F)c(N=C=S)cc2F)cc1. The highest BCUT2D eigenvalue weighted by Gasteiger charge is 2.07. The number of isothiocyanates is 1. The topological polar surface area (TPSA) is 12.4 Å². The largest absolute Gasteiger partial charge is 0.206 e. The minimum absolute atomic E-state index is 0.0113. The van der Waals surface area contributed by atoms with E-state index in [2.05, 4.69) is 36.0 Å². The summed E-state index contributed by atoms with van der Waals surface area (Å²) in [5.41, 5.74) is 1.83. The third-order valence-corrected chi connectivity index (χ3v) is 3.66. The zero-order valence-electron chi connectivity index (χ0n) is 13.4. The zero-order chi connectivity index (χ0) is 17.4. The van der Waals surface area contributed by atoms with Crippen LogP contribution in [0.3, 0.4) is 0 Å². The average molecular weight is 341 g/mol. The Balaban J connectivity index is 2.15. The third kappa shape index (κ3) is 5.09. The Morgan fingerprint density at radius 1 is 1.00 bits per heavy atom. The summed E-state index contributed by atoms with van der Waals surface area (Å²) in [4.78, 5) is 3.47. The minimum Gasteiger partial charge on any atom is -0.206 e. The van der Waals surface area contributed by atoms with Crippen molar-refractivity contribution in [3.8, 4) is 11.8 Å². The van der Waals surface area contributed by atoms with Gasteiger partial charge < -0.3 is 0 Å². The highest BCUT2D eigenvalue weighted by Crippen LogP contribution is 2.21. The van der Waals surface area contributed by atoms with Gasteiger partial charge in [-0.3, -0.25) is 0 Å². The van der Waals surface area contributed by atoms with E-state index in [1.54, 1.807) is 0 Å². The number of benzene rings is 2. The molecule has 24 heavy (non-hydrogen) atoms. The second-order valence-electron chi connectivity index (χ2n) is 5.39. The molecule has 0 atom stereocenters. The van der Waals surface area contributed by atoms with E-state index in [1.807, 2.05) is 29.4 Å². The first kappa shape index (κ1) is 18.0. The van der Waals surface area contributed by atoms with Crippen LogP contribution in [0.5, 0.6) is 0 Å². The van der Waals surface area contributed by atoms with Gasteiger partial charge in [-0.2, -0.15) is 4.99 Å². The summed E-state index contributed by atoms with van der Waals surface area (Å²) in [6.07, 6.45) is 4.63. The Labute approximate surface area is 146 Å². The van der Waals surface area contributed by atoms with Gasteiger partial charge in [-0.15, -0.1) is 0 Å². The van der Waals surface area contributed by atoms with Crippen molar-refractivity contribution in [2.75, 3.05) is 0 Å². The van der Waals surface area contributed by atoms with Crippen molar-refractivity contribution in [2.45, 2.75) is 32.6 Å². The molecule has 2 rings (SSSR count). The summed E-state index contributed by atoms with van der Waals surface area (Å²) < 4.78 is 27.6. The standard InChI is InChI=1S/C20H17F2NS/c1-2-3-4-5-15-6-8-16(9-7-15)10-11-17-12-19(22)20(23-14-24)13-18(17)21/h6-9,12-13H,2-5H2,1H3. The van der Waals surface area contributed by atoms with Crippen molar-refractivity contribution in [3.05, 3.63) is 64.7 Å². The van der Waals surface area contributed by atoms with E-state index in [0.29, 0.717) is 0 Å². The first-order chi connectivity index (χ1) is 11.6. The molecule has 0 spiro atoms. The number of rotatable bonds is 5. The molecule has 0 aliphatic rings. The first-order valence-electron chi connectivity index (χ1n) is 7.82. The fourth-order valence-electron chi connectivity index (χ4n) is 2.24. The number of aryl methyl sites for hydroxylation is 1. The van der Waals surface area contributed by atoms with Gasteiger partial charge >= 0.3 is 0 Å². The molecule has 4 heteroatoms. The van der Waals surface area contributed by atoms with Crippen LogP contribution in [-0.4, -0.2) is 5.16 Å². The van der Waals surface area contributed by atoms with Crippen molar-refractivity contribution >= 4 is 23.1 Å². The normalized spacial score (nSPS) is 9.79. The lowest BCUT2D eigenvalue weighted by molar-refractivity contribution is 0.599. The molecule has 0 radical (unpaired) electrons. The van der Waals surface area contributed by atoms with Gasteiger partial charge in [-0.1, -0.05) is 43.7 Å². The van der Waals surface area contributed by atoms with Crippen molar-refractivity contribution in [1.29, 1.82) is 0 Å². The van der Waals surface area contributed by atoms with Crippen LogP contribution in [0.25, 0.3) is 0 Å². The lowest BCUT2D eigenvalue weighted by Gasteiger charge is -2.01. The highest BCUT2D eigenvalue weighted by molar-refractivity contribution is 7.78. The van der Waals surface area contributed by atoms with E-state index >= 15 is 0 Å². The molecule has 0 heterocycles. The number of nitrogens with zero attached hydrogens (tertiary/aromatic N) is 1. The van der Waals surface area contributed by atoms with Gasteiger partial charge in [0.15, 0.2) is 5.82 Å². The molecule has 2 aromatic rings. The predicted octanol–water partition coefficient (Wildman–Crippen LogP) is 5.83. The number of aliphatic imine (C=N–C) groups is 1. The summed E-state index contributed by atoms with van der Waals surface area (Å²) in [6.45, 7) is 2.18. The summed E-state index contributed by atoms with van der Waals surface area (Å²) in [7, 11) is 0. The van der Waals surface area contributed by atoms with E-state index < -0.39 is 11.6 Å². The molecule has 0 unspecified atom stereocenters. The molecule has 0 N–H and O–H groups in total. The van der Waals surface area contributed by atoms with Gasteiger partial charge in [0.1, 0.15) is 11.5 Å². The summed E-state index contributed by atoms with van der Waals surface area (Å²) >= 11 is 4.39. The van der Waals surface area contributed by atoms with E-state index in [1.165, 1.54) is 24.8 Å². The van der Waals surface area contributed by atoms with Crippen LogP contribution in [0.2, 0.25) is 0 Å². The number of unbranched alkanes of at least 4 members (excludes halogenated alkanes) is 2. The van der Waals surface area contributed by atoms with Crippen LogP contribution in [0.15, 0.2) is 41.4 Å². The second-order valence-corrected chi connectivity index (χ2v) is 5.57. The molecular weight excluding hydrogens is 324 g/mol. The van der Waals surface area contributed by atoms with Crippen molar-refractivity contribution < 1.29 is 8.78 Å². The summed E-state index contributed by atoms with van der Waals surface area (Å²) in [6, 6.07) is 9.82. The van der Waals surface area contributed by atoms with Crippen LogP contribution in [0.1, 0.15) is 42.9 Å². The molecule has 1 nitrogen and oxygen atoms in total. The lowest BCUT2D eigenvalue weighted by Crippen LogP contribution is -1.88.